The molecule has 24 heavy (non-hydrogen) atoms. The monoisotopic (exact) mass is 379 g/mol. The number of aromatic nitrogens is 2. The Kier molecular flexibility index (Phi) is 5.14. The molecule has 2 aliphatic rings. The number of hydrogen-bond acceptors (Lipinski definition) is 6. The number of alkyl halides is 3. The van der Waals surface area contributed by atoms with Gasteiger partial charge in [-0.05, 0) is 24.2 Å². The van der Waals surface area contributed by atoms with Crippen LogP contribution in [0.4, 0.5) is 18.0 Å². The second-order valence-electron chi connectivity index (χ2n) is 5.55. The van der Waals surface area contributed by atoms with Crippen LogP contribution in [0, 0.1) is 0 Å². The van der Waals surface area contributed by atoms with E-state index in [1.54, 1.807) is 0 Å². The van der Waals surface area contributed by atoms with Gasteiger partial charge < -0.3 is 9.64 Å². The summed E-state index contributed by atoms with van der Waals surface area (Å²) in [6, 6.07) is 0. The van der Waals surface area contributed by atoms with Crippen LogP contribution in [0.1, 0.15) is 23.2 Å². The Morgan fingerprint density at radius 2 is 2.17 bits per heavy atom. The lowest BCUT2D eigenvalue weighted by Crippen LogP contribution is -2.37. The van der Waals surface area contributed by atoms with Crippen LogP contribution in [-0.2, 0) is 23.9 Å². The highest BCUT2D eigenvalue weighted by molar-refractivity contribution is 8.04. The molecule has 0 N–H and O–H groups in total. The zero-order valence-corrected chi connectivity index (χ0v) is 14.6. The van der Waals surface area contributed by atoms with Crippen molar-refractivity contribution in [2.45, 2.75) is 35.8 Å². The molecule has 1 saturated heterocycles. The van der Waals surface area contributed by atoms with Crippen LogP contribution >= 0.6 is 23.5 Å². The summed E-state index contributed by atoms with van der Waals surface area (Å²) in [5.41, 5.74) is -0.391. The lowest BCUT2D eigenvalue weighted by molar-refractivity contribution is -0.143. The molecule has 3 heterocycles. The molecule has 10 heteroatoms. The molecule has 2 aliphatic heterocycles. The highest BCUT2D eigenvalue weighted by atomic mass is 32.2. The summed E-state index contributed by atoms with van der Waals surface area (Å²) in [6.07, 6.45) is -3.89. The molecule has 1 aromatic rings. The summed E-state index contributed by atoms with van der Waals surface area (Å²) in [5.74, 6) is 2.03. The maximum absolute atomic E-state index is 13.3. The van der Waals surface area contributed by atoms with E-state index in [2.05, 4.69) is 14.9 Å². The molecule has 1 fully saturated rings. The van der Waals surface area contributed by atoms with Gasteiger partial charge in [-0.1, -0.05) is 11.8 Å². The number of amides is 1. The summed E-state index contributed by atoms with van der Waals surface area (Å²) >= 11 is 3.34. The lowest BCUT2D eigenvalue weighted by atomic mass is 10.0. The Hall–Kier alpha value is -1.16. The van der Waals surface area contributed by atoms with Gasteiger partial charge in [0, 0.05) is 23.1 Å². The first-order chi connectivity index (χ1) is 11.4. The predicted molar refractivity (Wildman–Crippen MR) is 85.1 cm³/mol. The molecule has 0 radical (unpaired) electrons. The molecule has 0 bridgehead atoms. The van der Waals surface area contributed by atoms with E-state index in [1.807, 2.05) is 11.8 Å². The number of methoxy groups -OCH3 is 1. The first-order valence-electron chi connectivity index (χ1n) is 7.43. The Labute approximate surface area is 145 Å². The van der Waals surface area contributed by atoms with Crippen LogP contribution in [0.15, 0.2) is 5.03 Å². The number of hydrogen-bond donors (Lipinski definition) is 0. The fourth-order valence-corrected chi connectivity index (χ4v) is 5.57. The summed E-state index contributed by atoms with van der Waals surface area (Å²) in [6.45, 7) is 0.162. The normalized spacial score (nSPS) is 20.8. The number of halogens is 3. The summed E-state index contributed by atoms with van der Waals surface area (Å²) in [5, 5.41) is 8.22. The van der Waals surface area contributed by atoms with Gasteiger partial charge in [0.05, 0.1) is 13.7 Å². The van der Waals surface area contributed by atoms with E-state index in [0.717, 1.165) is 17.9 Å². The Morgan fingerprint density at radius 3 is 2.79 bits per heavy atom. The van der Waals surface area contributed by atoms with Gasteiger partial charge in [-0.25, -0.2) is 4.79 Å². The van der Waals surface area contributed by atoms with Gasteiger partial charge >= 0.3 is 12.3 Å². The van der Waals surface area contributed by atoms with Gasteiger partial charge in [0.1, 0.15) is 5.03 Å². The highest BCUT2D eigenvalue weighted by Gasteiger charge is 2.40. The standard InChI is InChI=1S/C14H16F3N3O2S2/c1-22-13(21)20-4-2-9-10(6-20)11(14(15,16)17)18-19-12(9)24-8-3-5-23-7-8/h8H,2-7H2,1H3. The second kappa shape index (κ2) is 6.99. The Bertz CT molecular complexity index is 636. The average Bonchev–Trinajstić information content (AvgIpc) is 3.05. The van der Waals surface area contributed by atoms with Crippen molar-refractivity contribution >= 4 is 29.6 Å². The minimum atomic E-state index is -4.59. The van der Waals surface area contributed by atoms with Gasteiger partial charge in [0.2, 0.25) is 0 Å². The van der Waals surface area contributed by atoms with Gasteiger partial charge in [-0.3, -0.25) is 0 Å². The molecular weight excluding hydrogens is 363 g/mol. The minimum Gasteiger partial charge on any atom is -0.453 e. The van der Waals surface area contributed by atoms with Crippen molar-refractivity contribution in [3.63, 3.8) is 0 Å². The van der Waals surface area contributed by atoms with Crippen molar-refractivity contribution in [2.75, 3.05) is 25.2 Å². The van der Waals surface area contributed by atoms with Crippen molar-refractivity contribution < 1.29 is 22.7 Å². The Morgan fingerprint density at radius 1 is 1.38 bits per heavy atom. The van der Waals surface area contributed by atoms with E-state index in [9.17, 15) is 18.0 Å². The molecule has 1 aromatic heterocycles. The quantitative estimate of drug-likeness (QED) is 0.787. The van der Waals surface area contributed by atoms with Crippen molar-refractivity contribution in [3.8, 4) is 0 Å². The zero-order chi connectivity index (χ0) is 17.3. The number of carbonyl (C=O) groups excluding carboxylic acids is 1. The highest BCUT2D eigenvalue weighted by Crippen LogP contribution is 2.40. The van der Waals surface area contributed by atoms with Crippen LogP contribution in [-0.4, -0.2) is 51.6 Å². The van der Waals surface area contributed by atoms with E-state index in [0.29, 0.717) is 28.8 Å². The largest absolute Gasteiger partial charge is 0.453 e. The summed E-state index contributed by atoms with van der Waals surface area (Å²) in [7, 11) is 1.21. The molecule has 0 aromatic carbocycles. The maximum atomic E-state index is 13.3. The number of rotatable bonds is 2. The third kappa shape index (κ3) is 3.58. The van der Waals surface area contributed by atoms with Crippen molar-refractivity contribution in [2.24, 2.45) is 0 Å². The number of carbonyl (C=O) groups is 1. The van der Waals surface area contributed by atoms with Crippen LogP contribution in [0.3, 0.4) is 0 Å². The van der Waals surface area contributed by atoms with Crippen LogP contribution < -0.4 is 0 Å². The summed E-state index contributed by atoms with van der Waals surface area (Å²) < 4.78 is 44.5. The van der Waals surface area contributed by atoms with Crippen LogP contribution in [0.5, 0.6) is 0 Å². The minimum absolute atomic E-state index is 0.0438. The molecule has 1 unspecified atom stereocenters. The van der Waals surface area contributed by atoms with Gasteiger partial charge in [-0.15, -0.1) is 10.2 Å². The molecule has 0 saturated carbocycles. The smallest absolute Gasteiger partial charge is 0.435 e. The first-order valence-corrected chi connectivity index (χ1v) is 9.46. The molecule has 3 rings (SSSR count). The number of ether oxygens (including phenoxy) is 1. The van der Waals surface area contributed by atoms with Gasteiger partial charge in [-0.2, -0.15) is 24.9 Å². The molecule has 0 aliphatic carbocycles. The van der Waals surface area contributed by atoms with E-state index >= 15 is 0 Å². The number of thioether (sulfide) groups is 2. The molecule has 1 amide bonds. The lowest BCUT2D eigenvalue weighted by Gasteiger charge is -2.30. The second-order valence-corrected chi connectivity index (χ2v) is 7.99. The molecular formula is C14H16F3N3O2S2. The third-order valence-corrected chi connectivity index (χ3v) is 6.66. The van der Waals surface area contributed by atoms with Crippen LogP contribution in [0.25, 0.3) is 0 Å². The van der Waals surface area contributed by atoms with Crippen molar-refractivity contribution in [3.05, 3.63) is 16.8 Å². The number of nitrogens with zero attached hydrogens (tertiary/aromatic N) is 3. The van der Waals surface area contributed by atoms with Gasteiger partial charge in [0.15, 0.2) is 5.69 Å². The van der Waals surface area contributed by atoms with Crippen LogP contribution in [0.2, 0.25) is 0 Å². The maximum Gasteiger partial charge on any atom is 0.435 e. The zero-order valence-electron chi connectivity index (χ0n) is 12.9. The third-order valence-electron chi connectivity index (χ3n) is 4.00. The topological polar surface area (TPSA) is 55.3 Å². The fraction of sp³-hybridized carbons (Fsp3) is 0.643. The fourth-order valence-electron chi connectivity index (χ4n) is 2.80. The first kappa shape index (κ1) is 17.7. The SMILES string of the molecule is COC(=O)N1CCc2c(SC3CCSC3)nnc(C(F)(F)F)c2C1. The summed E-state index contributed by atoms with van der Waals surface area (Å²) in [4.78, 5) is 12.9. The molecule has 5 nitrogen and oxygen atoms in total. The van der Waals surface area contributed by atoms with E-state index in [1.165, 1.54) is 23.8 Å². The molecule has 1 atom stereocenters. The van der Waals surface area contributed by atoms with E-state index < -0.39 is 18.0 Å². The Balaban J connectivity index is 1.96. The van der Waals surface area contributed by atoms with Crippen molar-refractivity contribution in [1.82, 2.24) is 15.1 Å². The number of fused-ring (bicyclic) bond motifs is 1. The average molecular weight is 379 g/mol. The van der Waals surface area contributed by atoms with E-state index in [4.69, 9.17) is 0 Å². The van der Waals surface area contributed by atoms with E-state index in [-0.39, 0.29) is 12.1 Å². The van der Waals surface area contributed by atoms with Gasteiger partial charge in [0.25, 0.3) is 0 Å². The van der Waals surface area contributed by atoms with Crippen molar-refractivity contribution in [1.29, 1.82) is 0 Å². The molecule has 132 valence electrons. The predicted octanol–water partition coefficient (Wildman–Crippen LogP) is 3.22. The molecule has 0 spiro atoms.